The Bertz CT molecular complexity index is 1060. The van der Waals surface area contributed by atoms with E-state index in [1.807, 2.05) is 18.3 Å². The van der Waals surface area contributed by atoms with Crippen molar-refractivity contribution in [1.29, 1.82) is 0 Å². The van der Waals surface area contributed by atoms with E-state index in [0.717, 1.165) is 36.0 Å². The minimum Gasteiger partial charge on any atom is -0.339 e. The number of nitrogens with two attached hydrogens (primary N) is 1. The van der Waals surface area contributed by atoms with Gasteiger partial charge in [-0.25, -0.2) is 4.39 Å². The van der Waals surface area contributed by atoms with Crippen LogP contribution in [-0.4, -0.2) is 34.5 Å². The van der Waals surface area contributed by atoms with Crippen molar-refractivity contribution in [3.05, 3.63) is 77.2 Å². The molecule has 0 amide bonds. The maximum Gasteiger partial charge on any atom is 0.193 e. The van der Waals surface area contributed by atoms with E-state index in [1.54, 1.807) is 10.7 Å². The number of nitrogens with zero attached hydrogens (tertiary/aromatic N) is 2. The maximum atomic E-state index is 13.2. The van der Waals surface area contributed by atoms with Gasteiger partial charge in [-0.15, -0.1) is 0 Å². The fraction of sp³-hybridized carbons (Fsp3) is 0.261. The summed E-state index contributed by atoms with van der Waals surface area (Å²) < 4.78 is 14.8. The number of carbonyl (C=O) groups excluding carboxylic acids is 1. The second-order valence-corrected chi connectivity index (χ2v) is 7.59. The largest absolute Gasteiger partial charge is 0.339 e. The highest BCUT2D eigenvalue weighted by Gasteiger charge is 2.19. The first-order valence-electron chi connectivity index (χ1n) is 9.58. The molecule has 0 saturated heterocycles. The number of halogens is 1. The first kappa shape index (κ1) is 18.4. The molecule has 1 aliphatic rings. The Hall–Kier alpha value is -2.92. The lowest BCUT2D eigenvalue weighted by atomic mass is 9.96. The summed E-state index contributed by atoms with van der Waals surface area (Å²) in [6, 6.07) is 11.7. The SMILES string of the molecule is CC(C)N1CC=C(c2cn(N)c3ccc(C(=O)c4ccc(F)cc4)cc23)CC1. The summed E-state index contributed by atoms with van der Waals surface area (Å²) in [6.07, 6.45) is 5.15. The van der Waals surface area contributed by atoms with Gasteiger partial charge in [-0.1, -0.05) is 6.08 Å². The van der Waals surface area contributed by atoms with Crippen LogP contribution in [0.3, 0.4) is 0 Å². The summed E-state index contributed by atoms with van der Waals surface area (Å²) in [6.45, 7) is 6.34. The molecule has 0 fully saturated rings. The molecule has 4 nitrogen and oxygen atoms in total. The van der Waals surface area contributed by atoms with Crippen molar-refractivity contribution in [3.8, 4) is 0 Å². The summed E-state index contributed by atoms with van der Waals surface area (Å²) in [5.74, 6) is 5.69. The predicted octanol–water partition coefficient (Wildman–Crippen LogP) is 4.22. The molecule has 144 valence electrons. The van der Waals surface area contributed by atoms with E-state index in [4.69, 9.17) is 5.84 Å². The van der Waals surface area contributed by atoms with E-state index in [-0.39, 0.29) is 11.6 Å². The molecule has 0 radical (unpaired) electrons. The number of hydrogen-bond donors (Lipinski definition) is 1. The van der Waals surface area contributed by atoms with E-state index < -0.39 is 0 Å². The predicted molar refractivity (Wildman–Crippen MR) is 111 cm³/mol. The number of rotatable bonds is 4. The first-order valence-corrected chi connectivity index (χ1v) is 9.58. The van der Waals surface area contributed by atoms with Crippen LogP contribution in [0.15, 0.2) is 54.7 Å². The van der Waals surface area contributed by atoms with Gasteiger partial charge in [0.2, 0.25) is 0 Å². The Morgan fingerprint density at radius 3 is 2.46 bits per heavy atom. The average Bonchev–Trinajstić information content (AvgIpc) is 3.04. The van der Waals surface area contributed by atoms with Crippen molar-refractivity contribution in [1.82, 2.24) is 9.58 Å². The molecular weight excluding hydrogens is 353 g/mol. The molecule has 1 aromatic heterocycles. The summed E-state index contributed by atoms with van der Waals surface area (Å²) >= 11 is 0. The molecule has 0 bridgehead atoms. The summed E-state index contributed by atoms with van der Waals surface area (Å²) in [4.78, 5) is 15.3. The minimum absolute atomic E-state index is 0.124. The Labute approximate surface area is 164 Å². The van der Waals surface area contributed by atoms with Crippen LogP contribution in [0.25, 0.3) is 16.5 Å². The Balaban J connectivity index is 1.72. The molecule has 0 aliphatic carbocycles. The number of nitrogen functional groups attached to an aromatic ring is 1. The quantitative estimate of drug-likeness (QED) is 0.547. The lowest BCUT2D eigenvalue weighted by Gasteiger charge is -2.29. The van der Waals surface area contributed by atoms with Gasteiger partial charge in [-0.05, 0) is 68.3 Å². The molecule has 1 aliphatic heterocycles. The zero-order valence-electron chi connectivity index (χ0n) is 16.2. The Morgan fingerprint density at radius 1 is 1.11 bits per heavy atom. The van der Waals surface area contributed by atoms with E-state index >= 15 is 0 Å². The van der Waals surface area contributed by atoms with Gasteiger partial charge >= 0.3 is 0 Å². The zero-order chi connectivity index (χ0) is 19.8. The van der Waals surface area contributed by atoms with Gasteiger partial charge in [0.05, 0.1) is 5.52 Å². The second-order valence-electron chi connectivity index (χ2n) is 7.59. The highest BCUT2D eigenvalue weighted by Crippen LogP contribution is 2.31. The lowest BCUT2D eigenvalue weighted by Crippen LogP contribution is -2.34. The van der Waals surface area contributed by atoms with Gasteiger partial charge in [0, 0.05) is 47.4 Å². The van der Waals surface area contributed by atoms with Crippen LogP contribution in [0.4, 0.5) is 4.39 Å². The normalized spacial score (nSPS) is 15.2. The van der Waals surface area contributed by atoms with Crippen LogP contribution >= 0.6 is 0 Å². The first-order chi connectivity index (χ1) is 13.4. The molecule has 0 atom stereocenters. The number of ketones is 1. The molecule has 2 N–H and O–H groups in total. The van der Waals surface area contributed by atoms with Gasteiger partial charge in [0.25, 0.3) is 0 Å². The van der Waals surface area contributed by atoms with Crippen LogP contribution in [0.1, 0.15) is 41.8 Å². The van der Waals surface area contributed by atoms with Crippen molar-refractivity contribution in [2.45, 2.75) is 26.3 Å². The molecule has 2 heterocycles. The average molecular weight is 377 g/mol. The van der Waals surface area contributed by atoms with Gasteiger partial charge < -0.3 is 5.84 Å². The topological polar surface area (TPSA) is 51.3 Å². The fourth-order valence-corrected chi connectivity index (χ4v) is 3.82. The molecule has 28 heavy (non-hydrogen) atoms. The Kier molecular flexibility index (Phi) is 4.77. The van der Waals surface area contributed by atoms with Gasteiger partial charge in [0.1, 0.15) is 5.82 Å². The van der Waals surface area contributed by atoms with Gasteiger partial charge in [-0.2, -0.15) is 0 Å². The molecule has 4 rings (SSSR count). The Morgan fingerprint density at radius 2 is 1.82 bits per heavy atom. The van der Waals surface area contributed by atoms with E-state index in [9.17, 15) is 9.18 Å². The number of aromatic nitrogens is 1. The van der Waals surface area contributed by atoms with Crippen molar-refractivity contribution < 1.29 is 9.18 Å². The minimum atomic E-state index is -0.353. The molecule has 3 aromatic rings. The number of carbonyl (C=O) groups is 1. The molecule has 0 unspecified atom stereocenters. The number of hydrogen-bond acceptors (Lipinski definition) is 3. The maximum absolute atomic E-state index is 13.2. The number of benzene rings is 2. The lowest BCUT2D eigenvalue weighted by molar-refractivity contribution is 0.103. The van der Waals surface area contributed by atoms with Gasteiger partial charge in [0.15, 0.2) is 5.78 Å². The van der Waals surface area contributed by atoms with Crippen LogP contribution in [0.5, 0.6) is 0 Å². The monoisotopic (exact) mass is 377 g/mol. The van der Waals surface area contributed by atoms with Crippen molar-refractivity contribution in [2.24, 2.45) is 0 Å². The summed E-state index contributed by atoms with van der Waals surface area (Å²) in [7, 11) is 0. The van der Waals surface area contributed by atoms with Crippen molar-refractivity contribution in [3.63, 3.8) is 0 Å². The van der Waals surface area contributed by atoms with Crippen molar-refractivity contribution in [2.75, 3.05) is 18.9 Å². The zero-order valence-corrected chi connectivity index (χ0v) is 16.2. The van der Waals surface area contributed by atoms with Crippen molar-refractivity contribution >= 4 is 22.3 Å². The van der Waals surface area contributed by atoms with E-state index in [0.29, 0.717) is 17.2 Å². The highest BCUT2D eigenvalue weighted by molar-refractivity contribution is 6.11. The van der Waals surface area contributed by atoms with E-state index in [1.165, 1.54) is 29.8 Å². The molecule has 0 spiro atoms. The molecule has 0 saturated carbocycles. The third-order valence-electron chi connectivity index (χ3n) is 5.52. The smallest absolute Gasteiger partial charge is 0.193 e. The standard InChI is InChI=1S/C23H24FN3O/c1-15(2)26-11-9-16(10-12-26)21-14-27(25)22-8-5-18(13-20(21)22)23(28)17-3-6-19(24)7-4-17/h3-9,13-15H,10-12,25H2,1-2H3. The van der Waals surface area contributed by atoms with Crippen LogP contribution in [-0.2, 0) is 0 Å². The third kappa shape index (κ3) is 3.34. The van der Waals surface area contributed by atoms with Gasteiger partial charge in [-0.3, -0.25) is 14.4 Å². The number of fused-ring (bicyclic) bond motifs is 1. The van der Waals surface area contributed by atoms with E-state index in [2.05, 4.69) is 24.8 Å². The summed E-state index contributed by atoms with van der Waals surface area (Å²) in [5.41, 5.74) is 4.27. The van der Waals surface area contributed by atoms with Crippen LogP contribution < -0.4 is 5.84 Å². The molecule has 2 aromatic carbocycles. The highest BCUT2D eigenvalue weighted by atomic mass is 19.1. The fourth-order valence-electron chi connectivity index (χ4n) is 3.82. The molecule has 5 heteroatoms. The summed E-state index contributed by atoms with van der Waals surface area (Å²) in [5, 5.41) is 0.972. The second kappa shape index (κ2) is 7.24. The third-order valence-corrected chi connectivity index (χ3v) is 5.52. The van der Waals surface area contributed by atoms with Crippen LogP contribution in [0.2, 0.25) is 0 Å². The van der Waals surface area contributed by atoms with Crippen LogP contribution in [0, 0.1) is 5.82 Å². The molecular formula is C23H24FN3O.